The Kier molecular flexibility index (Phi) is 14.8. The molecule has 67 heavy (non-hydrogen) atoms. The fourth-order valence-electron chi connectivity index (χ4n) is 6.58. The van der Waals surface area contributed by atoms with Crippen LogP contribution in [0.25, 0.3) is 21.8 Å². The molecule has 0 aliphatic carbocycles. The molecule has 0 fully saturated rings. The van der Waals surface area contributed by atoms with Gasteiger partial charge in [0.05, 0.1) is 20.8 Å². The number of fused-ring (bicyclic) bond motifs is 2. The van der Waals surface area contributed by atoms with E-state index < -0.39 is 20.0 Å². The summed E-state index contributed by atoms with van der Waals surface area (Å²) in [7, 11) is -0.500. The van der Waals surface area contributed by atoms with Crippen molar-refractivity contribution in [1.29, 1.82) is 0 Å². The predicted octanol–water partition coefficient (Wildman–Crippen LogP) is 7.19. The molecule has 4 heterocycles. The molecule has 4 aromatic carbocycles. The lowest BCUT2D eigenvalue weighted by Crippen LogP contribution is -2.14. The van der Waals surface area contributed by atoms with Gasteiger partial charge in [-0.2, -0.15) is 18.6 Å². The molecule has 0 spiro atoms. The number of aryl methyl sites for hydroxylation is 4. The number of benzene rings is 4. The van der Waals surface area contributed by atoms with Gasteiger partial charge >= 0.3 is 0 Å². The number of nitrogens with two attached hydrogens (primary N) is 2. The summed E-state index contributed by atoms with van der Waals surface area (Å²) in [5.74, 6) is 2.18. The summed E-state index contributed by atoms with van der Waals surface area (Å²) in [6.45, 7) is 6.99. The number of nitrogens with one attached hydrogen (secondary N) is 2. The molecule has 0 saturated heterocycles. The number of hydrogen-bond donors (Lipinski definition) is 4. The van der Waals surface area contributed by atoms with Gasteiger partial charge in [-0.25, -0.2) is 42.3 Å². The van der Waals surface area contributed by atoms with Crippen LogP contribution in [0.2, 0.25) is 5.28 Å². The Bertz CT molecular complexity index is 3350. The van der Waals surface area contributed by atoms with E-state index in [1.165, 1.54) is 36.7 Å². The Morgan fingerprint density at radius 1 is 0.701 bits per heavy atom. The van der Waals surface area contributed by atoms with E-state index in [1.807, 2.05) is 6.07 Å². The van der Waals surface area contributed by atoms with Crippen molar-refractivity contribution < 1.29 is 25.6 Å². The van der Waals surface area contributed by atoms with Crippen molar-refractivity contribution in [2.45, 2.75) is 43.9 Å². The first-order valence-corrected chi connectivity index (χ1v) is 23.4. The van der Waals surface area contributed by atoms with E-state index in [4.69, 9.17) is 22.5 Å². The summed E-state index contributed by atoms with van der Waals surface area (Å²) >= 11 is 5.78. The summed E-state index contributed by atoms with van der Waals surface area (Å²) < 4.78 is 78.3. The molecule has 0 atom stereocenters. The van der Waals surface area contributed by atoms with Gasteiger partial charge in [0.25, 0.3) is 10.0 Å². The second-order valence-corrected chi connectivity index (χ2v) is 19.2. The zero-order chi connectivity index (χ0) is 49.0. The third kappa shape index (κ3) is 12.2. The maximum absolute atomic E-state index is 14.1. The van der Waals surface area contributed by atoms with E-state index in [0.29, 0.717) is 63.1 Å². The Labute approximate surface area is 390 Å². The van der Waals surface area contributed by atoms with Crippen LogP contribution in [0.1, 0.15) is 33.6 Å². The molecule has 4 aromatic heterocycles. The molecule has 0 radical (unpaired) electrons. The Morgan fingerprint density at radius 2 is 1.22 bits per heavy atom. The quantitative estimate of drug-likeness (QED) is 0.0458. The molecule has 23 heteroatoms. The van der Waals surface area contributed by atoms with Crippen molar-refractivity contribution in [1.82, 2.24) is 45.2 Å². The zero-order valence-electron chi connectivity index (χ0n) is 37.6. The highest BCUT2D eigenvalue weighted by atomic mass is 35.5. The minimum atomic E-state index is -3.81. The highest BCUT2D eigenvalue weighted by Crippen LogP contribution is 2.31. The van der Waals surface area contributed by atoms with E-state index in [2.05, 4.69) is 44.7 Å². The summed E-state index contributed by atoms with van der Waals surface area (Å²) in [6, 6.07) is 19.3. The molecule has 0 saturated carbocycles. The smallest absolute Gasteiger partial charge is 0.283 e. The van der Waals surface area contributed by atoms with E-state index in [9.17, 15) is 25.6 Å². The lowest BCUT2D eigenvalue weighted by molar-refractivity contribution is 0.594. The van der Waals surface area contributed by atoms with Crippen LogP contribution in [0.3, 0.4) is 0 Å². The summed E-state index contributed by atoms with van der Waals surface area (Å²) in [6.07, 6.45) is 4.74. The van der Waals surface area contributed by atoms with Crippen molar-refractivity contribution in [3.8, 4) is 0 Å². The number of aromatic nitrogens is 8. The number of sulfonamides is 2. The van der Waals surface area contributed by atoms with Gasteiger partial charge in [0, 0.05) is 63.5 Å². The standard InChI is InChI=1S/C21H21FN6O2S.C13H11ClFN5.C10H15N3O2S/c1-12-6-14(9-15(7-12)31(23,29)30)10-19-24-5-4-20(25-19)28(3)21-16-11-17(22)13(2)8-18(16)26-27-21;1-7-5-10-8(6-9(7)15)12(19-18-10)20(2)11-3-4-16-13(14)17-11;1-8-4-9(11)6-10(5-8)16(14,15)12-7-13(2)3/h4-9,11H,10H2,1-3H3,(H,26,27)(H2,23,29,30);3-6H,1-2H3,(H,18,19);4-7H,11H2,1-3H3. The average Bonchev–Trinajstić information content (AvgIpc) is 3.85. The van der Waals surface area contributed by atoms with Gasteiger partial charge in [-0.3, -0.25) is 10.2 Å². The third-order valence-corrected chi connectivity index (χ3v) is 12.1. The Balaban J connectivity index is 0.000000178. The number of aromatic amines is 2. The molecule has 18 nitrogen and oxygen atoms in total. The lowest BCUT2D eigenvalue weighted by atomic mass is 10.1. The number of nitrogen functional groups attached to an aromatic ring is 1. The number of rotatable bonds is 10. The molecule has 0 amide bonds. The van der Waals surface area contributed by atoms with Crippen molar-refractivity contribution in [3.63, 3.8) is 0 Å². The largest absolute Gasteiger partial charge is 0.399 e. The van der Waals surface area contributed by atoms with Gasteiger partial charge in [-0.1, -0.05) is 6.07 Å². The van der Waals surface area contributed by atoms with Gasteiger partial charge in [0.15, 0.2) is 11.6 Å². The molecule has 0 aliphatic heterocycles. The number of H-pyrrole nitrogens is 2. The highest BCUT2D eigenvalue weighted by Gasteiger charge is 2.18. The first-order chi connectivity index (χ1) is 31.5. The second kappa shape index (κ2) is 20.2. The topological polar surface area (TPSA) is 251 Å². The van der Waals surface area contributed by atoms with Crippen molar-refractivity contribution in [2.24, 2.45) is 9.54 Å². The molecule has 8 rings (SSSR count). The second-order valence-electron chi connectivity index (χ2n) is 15.6. The van der Waals surface area contributed by atoms with Crippen LogP contribution in [-0.2, 0) is 26.5 Å². The normalized spacial score (nSPS) is 11.6. The minimum Gasteiger partial charge on any atom is -0.399 e. The highest BCUT2D eigenvalue weighted by molar-refractivity contribution is 7.90. The maximum Gasteiger partial charge on any atom is 0.283 e. The van der Waals surface area contributed by atoms with Crippen molar-refractivity contribution >= 4 is 88.8 Å². The van der Waals surface area contributed by atoms with Crippen LogP contribution < -0.4 is 20.7 Å². The van der Waals surface area contributed by atoms with Gasteiger partial charge in [-0.05, 0) is 134 Å². The molecule has 350 valence electrons. The first kappa shape index (κ1) is 49.3. The molecular weight excluding hydrogens is 926 g/mol. The first-order valence-electron chi connectivity index (χ1n) is 20.0. The molecule has 0 aliphatic rings. The maximum atomic E-state index is 14.1. The van der Waals surface area contributed by atoms with Crippen LogP contribution in [0, 0.1) is 39.3 Å². The van der Waals surface area contributed by atoms with Crippen molar-refractivity contribution in [3.05, 3.63) is 136 Å². The number of nitrogens with zero attached hydrogens (tertiary/aromatic N) is 10. The van der Waals surface area contributed by atoms with Gasteiger partial charge < -0.3 is 20.4 Å². The fraction of sp³-hybridized carbons (Fsp3) is 0.205. The summed E-state index contributed by atoms with van der Waals surface area (Å²) in [4.78, 5) is 22.0. The van der Waals surface area contributed by atoms with Gasteiger partial charge in [0.2, 0.25) is 15.3 Å². The van der Waals surface area contributed by atoms with E-state index in [1.54, 1.807) is 119 Å². The van der Waals surface area contributed by atoms with Crippen molar-refractivity contribution in [2.75, 3.05) is 43.7 Å². The van der Waals surface area contributed by atoms with Crippen LogP contribution in [0.5, 0.6) is 0 Å². The minimum absolute atomic E-state index is 0.0519. The van der Waals surface area contributed by atoms with E-state index >= 15 is 0 Å². The number of anilines is 5. The van der Waals surface area contributed by atoms with Crippen LogP contribution in [-0.4, -0.2) is 96.6 Å². The van der Waals surface area contributed by atoms with Crippen LogP contribution in [0.4, 0.5) is 37.7 Å². The van der Waals surface area contributed by atoms with Gasteiger partial charge in [-0.15, -0.1) is 4.40 Å². The Hall–Kier alpha value is -7.14. The summed E-state index contributed by atoms with van der Waals surface area (Å²) in [5, 5.41) is 21.1. The fourth-order valence-corrected chi connectivity index (χ4v) is 8.45. The SMILES string of the molecule is Cc1cc(Cc2nccc(N(C)c3n[nH]c4cc(C)c(F)cc34)n2)cc(S(N)(=O)=O)c1.Cc1cc(N)cc(S(=O)(=O)N=CN(C)C)c1.Cc1cc2[nH]nc(N(C)c3ccnc(Cl)n3)c2cc1F. The summed E-state index contributed by atoms with van der Waals surface area (Å²) in [5.41, 5.74) is 10.9. The molecule has 8 aromatic rings. The van der Waals surface area contributed by atoms with Crippen LogP contribution in [0.15, 0.2) is 99.4 Å². The Morgan fingerprint density at radius 3 is 1.75 bits per heavy atom. The number of halogens is 3. The number of hydrogen-bond acceptors (Lipinski definition) is 13. The van der Waals surface area contributed by atoms with Gasteiger partial charge in [0.1, 0.15) is 35.4 Å². The third-order valence-electron chi connectivity index (χ3n) is 9.86. The molecule has 6 N–H and O–H groups in total. The van der Waals surface area contributed by atoms with E-state index in [0.717, 1.165) is 27.7 Å². The molecular formula is C44H47ClF2N14O4S2. The monoisotopic (exact) mass is 972 g/mol. The zero-order valence-corrected chi connectivity index (χ0v) is 40.0. The number of primary sulfonamides is 1. The van der Waals surface area contributed by atoms with Crippen LogP contribution >= 0.6 is 11.6 Å². The average molecular weight is 974 g/mol. The molecule has 0 unspecified atom stereocenters. The molecule has 0 bridgehead atoms. The predicted molar refractivity (Wildman–Crippen MR) is 257 cm³/mol. The van der Waals surface area contributed by atoms with E-state index in [-0.39, 0.29) is 26.7 Å². The lowest BCUT2D eigenvalue weighted by Gasteiger charge is -2.16.